The average molecular weight is 244 g/mol. The van der Waals surface area contributed by atoms with Gasteiger partial charge in [-0.1, -0.05) is 18.2 Å². The Labute approximate surface area is 106 Å². The van der Waals surface area contributed by atoms with E-state index in [1.165, 1.54) is 0 Å². The van der Waals surface area contributed by atoms with Crippen molar-refractivity contribution in [3.8, 4) is 11.5 Å². The number of aromatic nitrogens is 1. The largest absolute Gasteiger partial charge is 0.493 e. The SMILES string of the molecule is COc1ccccc1OCC(N)c1ccccn1. The summed E-state index contributed by atoms with van der Waals surface area (Å²) in [5.74, 6) is 1.39. The zero-order valence-electron chi connectivity index (χ0n) is 10.2. The quantitative estimate of drug-likeness (QED) is 0.875. The van der Waals surface area contributed by atoms with E-state index in [9.17, 15) is 0 Å². The predicted molar refractivity (Wildman–Crippen MR) is 69.7 cm³/mol. The predicted octanol–water partition coefficient (Wildman–Crippen LogP) is 2.17. The van der Waals surface area contributed by atoms with Gasteiger partial charge in [0.15, 0.2) is 11.5 Å². The Bertz CT molecular complexity index is 488. The van der Waals surface area contributed by atoms with Gasteiger partial charge in [0.1, 0.15) is 6.61 Å². The highest BCUT2D eigenvalue weighted by Gasteiger charge is 2.09. The molecule has 2 rings (SSSR count). The lowest BCUT2D eigenvalue weighted by molar-refractivity contribution is 0.271. The molecule has 0 saturated carbocycles. The van der Waals surface area contributed by atoms with Gasteiger partial charge in [-0.2, -0.15) is 0 Å². The molecular formula is C14H16N2O2. The van der Waals surface area contributed by atoms with Crippen molar-refractivity contribution >= 4 is 0 Å². The number of hydrogen-bond donors (Lipinski definition) is 1. The van der Waals surface area contributed by atoms with Crippen molar-refractivity contribution in [3.63, 3.8) is 0 Å². The lowest BCUT2D eigenvalue weighted by Gasteiger charge is -2.14. The minimum atomic E-state index is -0.254. The van der Waals surface area contributed by atoms with E-state index < -0.39 is 0 Å². The lowest BCUT2D eigenvalue weighted by Crippen LogP contribution is -2.20. The summed E-state index contributed by atoms with van der Waals surface area (Å²) in [6.07, 6.45) is 1.72. The van der Waals surface area contributed by atoms with E-state index in [-0.39, 0.29) is 6.04 Å². The summed E-state index contributed by atoms with van der Waals surface area (Å²) >= 11 is 0. The standard InChI is InChI=1S/C14H16N2O2/c1-17-13-7-2-3-8-14(13)18-10-11(15)12-6-4-5-9-16-12/h2-9,11H,10,15H2,1H3. The van der Waals surface area contributed by atoms with Gasteiger partial charge in [0, 0.05) is 6.20 Å². The molecule has 2 aromatic rings. The second-order valence-electron chi connectivity index (χ2n) is 3.82. The van der Waals surface area contributed by atoms with Crippen molar-refractivity contribution in [1.82, 2.24) is 4.98 Å². The van der Waals surface area contributed by atoms with Crippen LogP contribution in [0.3, 0.4) is 0 Å². The maximum atomic E-state index is 6.01. The topological polar surface area (TPSA) is 57.4 Å². The summed E-state index contributed by atoms with van der Waals surface area (Å²) < 4.78 is 10.9. The van der Waals surface area contributed by atoms with Crippen LogP contribution in [0.2, 0.25) is 0 Å². The van der Waals surface area contributed by atoms with Crippen molar-refractivity contribution in [2.75, 3.05) is 13.7 Å². The fourth-order valence-electron chi connectivity index (χ4n) is 1.60. The molecule has 0 saturated heterocycles. The molecule has 2 N–H and O–H groups in total. The number of hydrogen-bond acceptors (Lipinski definition) is 4. The van der Waals surface area contributed by atoms with E-state index in [1.54, 1.807) is 13.3 Å². The third-order valence-electron chi connectivity index (χ3n) is 2.56. The lowest BCUT2D eigenvalue weighted by atomic mass is 10.2. The molecular weight excluding hydrogens is 228 g/mol. The van der Waals surface area contributed by atoms with Crippen LogP contribution < -0.4 is 15.2 Å². The molecule has 0 aliphatic rings. The Kier molecular flexibility index (Phi) is 4.15. The Morgan fingerprint density at radius 3 is 2.50 bits per heavy atom. The zero-order valence-corrected chi connectivity index (χ0v) is 10.2. The molecule has 0 radical (unpaired) electrons. The number of para-hydroxylation sites is 2. The molecule has 94 valence electrons. The van der Waals surface area contributed by atoms with Gasteiger partial charge in [0.25, 0.3) is 0 Å². The molecule has 1 aromatic heterocycles. The van der Waals surface area contributed by atoms with E-state index in [0.29, 0.717) is 18.1 Å². The van der Waals surface area contributed by atoms with Crippen LogP contribution in [0.15, 0.2) is 48.7 Å². The van der Waals surface area contributed by atoms with Crippen molar-refractivity contribution < 1.29 is 9.47 Å². The van der Waals surface area contributed by atoms with Crippen LogP contribution in [-0.4, -0.2) is 18.7 Å². The smallest absolute Gasteiger partial charge is 0.161 e. The average Bonchev–Trinajstić information content (AvgIpc) is 2.46. The molecule has 18 heavy (non-hydrogen) atoms. The maximum absolute atomic E-state index is 6.01. The molecule has 0 aliphatic carbocycles. The number of nitrogens with two attached hydrogens (primary N) is 1. The van der Waals surface area contributed by atoms with Crippen molar-refractivity contribution in [2.24, 2.45) is 5.73 Å². The molecule has 1 aromatic carbocycles. The van der Waals surface area contributed by atoms with E-state index >= 15 is 0 Å². The Morgan fingerprint density at radius 1 is 1.11 bits per heavy atom. The third-order valence-corrected chi connectivity index (χ3v) is 2.56. The normalized spacial score (nSPS) is 11.9. The Balaban J connectivity index is 1.99. The molecule has 1 unspecified atom stereocenters. The number of nitrogens with zero attached hydrogens (tertiary/aromatic N) is 1. The first-order chi connectivity index (χ1) is 8.81. The monoisotopic (exact) mass is 244 g/mol. The number of rotatable bonds is 5. The fourth-order valence-corrected chi connectivity index (χ4v) is 1.60. The van der Waals surface area contributed by atoms with Gasteiger partial charge in [0.05, 0.1) is 18.8 Å². The summed E-state index contributed by atoms with van der Waals surface area (Å²) in [6, 6.07) is 12.9. The molecule has 0 aliphatic heterocycles. The molecule has 1 heterocycles. The summed E-state index contributed by atoms with van der Waals surface area (Å²) in [5, 5.41) is 0. The van der Waals surface area contributed by atoms with E-state index in [0.717, 1.165) is 5.69 Å². The number of methoxy groups -OCH3 is 1. The van der Waals surface area contributed by atoms with Gasteiger partial charge in [-0.15, -0.1) is 0 Å². The first kappa shape index (κ1) is 12.4. The van der Waals surface area contributed by atoms with Crippen molar-refractivity contribution in [3.05, 3.63) is 54.4 Å². The second-order valence-corrected chi connectivity index (χ2v) is 3.82. The molecule has 0 spiro atoms. The Hall–Kier alpha value is -2.07. The van der Waals surface area contributed by atoms with Gasteiger partial charge in [-0.05, 0) is 24.3 Å². The molecule has 1 atom stereocenters. The summed E-state index contributed by atoms with van der Waals surface area (Å²) in [7, 11) is 1.61. The summed E-state index contributed by atoms with van der Waals surface area (Å²) in [6.45, 7) is 0.359. The van der Waals surface area contributed by atoms with Crippen molar-refractivity contribution in [1.29, 1.82) is 0 Å². The van der Waals surface area contributed by atoms with E-state index in [2.05, 4.69) is 4.98 Å². The van der Waals surface area contributed by atoms with Crippen LogP contribution >= 0.6 is 0 Å². The second kappa shape index (κ2) is 6.02. The van der Waals surface area contributed by atoms with Gasteiger partial charge < -0.3 is 15.2 Å². The summed E-state index contributed by atoms with van der Waals surface area (Å²) in [5.41, 5.74) is 6.82. The number of ether oxygens (including phenoxy) is 2. The highest BCUT2D eigenvalue weighted by Crippen LogP contribution is 2.26. The molecule has 0 amide bonds. The fraction of sp³-hybridized carbons (Fsp3) is 0.214. The summed E-state index contributed by atoms with van der Waals surface area (Å²) in [4.78, 5) is 4.20. The zero-order chi connectivity index (χ0) is 12.8. The van der Waals surface area contributed by atoms with Crippen LogP contribution in [0.1, 0.15) is 11.7 Å². The van der Waals surface area contributed by atoms with Crippen LogP contribution in [0.4, 0.5) is 0 Å². The number of benzene rings is 1. The molecule has 0 fully saturated rings. The van der Waals surface area contributed by atoms with E-state index in [1.807, 2.05) is 42.5 Å². The van der Waals surface area contributed by atoms with Crippen LogP contribution in [0.5, 0.6) is 11.5 Å². The minimum absolute atomic E-state index is 0.254. The van der Waals surface area contributed by atoms with Crippen LogP contribution in [-0.2, 0) is 0 Å². The number of pyridine rings is 1. The van der Waals surface area contributed by atoms with Crippen molar-refractivity contribution in [2.45, 2.75) is 6.04 Å². The van der Waals surface area contributed by atoms with Crippen LogP contribution in [0.25, 0.3) is 0 Å². The first-order valence-corrected chi connectivity index (χ1v) is 5.73. The van der Waals surface area contributed by atoms with E-state index in [4.69, 9.17) is 15.2 Å². The van der Waals surface area contributed by atoms with Gasteiger partial charge in [-0.25, -0.2) is 0 Å². The maximum Gasteiger partial charge on any atom is 0.161 e. The third kappa shape index (κ3) is 2.99. The highest BCUT2D eigenvalue weighted by atomic mass is 16.5. The molecule has 0 bridgehead atoms. The highest BCUT2D eigenvalue weighted by molar-refractivity contribution is 5.39. The van der Waals surface area contributed by atoms with Crippen LogP contribution in [0, 0.1) is 0 Å². The Morgan fingerprint density at radius 2 is 1.83 bits per heavy atom. The molecule has 4 nitrogen and oxygen atoms in total. The van der Waals surface area contributed by atoms with Gasteiger partial charge in [-0.3, -0.25) is 4.98 Å². The first-order valence-electron chi connectivity index (χ1n) is 5.73. The molecule has 4 heteroatoms. The van der Waals surface area contributed by atoms with Gasteiger partial charge in [0.2, 0.25) is 0 Å². The minimum Gasteiger partial charge on any atom is -0.493 e. The van der Waals surface area contributed by atoms with Gasteiger partial charge >= 0.3 is 0 Å².